The average Bonchev–Trinajstić information content (AvgIpc) is 2.45. The van der Waals surface area contributed by atoms with Crippen molar-refractivity contribution in [3.05, 3.63) is 17.6 Å². The molecular weight excluding hydrogens is 200 g/mol. The third-order valence-corrected chi connectivity index (χ3v) is 9.32. The molecule has 0 N–H and O–H groups in total. The van der Waals surface area contributed by atoms with Crippen molar-refractivity contribution in [2.75, 3.05) is 0 Å². The van der Waals surface area contributed by atoms with Crippen LogP contribution in [0, 0.1) is 6.92 Å². The highest BCUT2D eigenvalue weighted by Gasteiger charge is 2.39. The molecule has 15 heavy (non-hydrogen) atoms. The van der Waals surface area contributed by atoms with E-state index in [1.807, 2.05) is 0 Å². The van der Waals surface area contributed by atoms with Gasteiger partial charge in [-0.2, -0.15) is 0 Å². The predicted molar refractivity (Wildman–Crippen MR) is 69.7 cm³/mol. The Kier molecular flexibility index (Phi) is 3.20. The molecule has 1 aromatic rings. The first-order valence-electron chi connectivity index (χ1n) is 5.80. The Labute approximate surface area is 94.9 Å². The quantitative estimate of drug-likeness (QED) is 0.695. The number of aryl methyl sites for hydroxylation is 2. The van der Waals surface area contributed by atoms with Crippen LogP contribution in [0.15, 0.2) is 10.5 Å². The number of furan rings is 1. The molecule has 0 aliphatic heterocycles. The van der Waals surface area contributed by atoms with Gasteiger partial charge in [-0.25, -0.2) is 0 Å². The Morgan fingerprint density at radius 3 is 2.20 bits per heavy atom. The first kappa shape index (κ1) is 12.6. The first-order chi connectivity index (χ1) is 6.70. The molecule has 0 aliphatic carbocycles. The maximum absolute atomic E-state index is 5.78. The molecule has 0 aromatic carbocycles. The summed E-state index contributed by atoms with van der Waals surface area (Å²) in [5.74, 6) is 2.27. The number of hydrogen-bond acceptors (Lipinski definition) is 1. The van der Waals surface area contributed by atoms with Gasteiger partial charge in [-0.3, -0.25) is 0 Å². The third-order valence-electron chi connectivity index (χ3n) is 3.80. The second kappa shape index (κ2) is 3.82. The maximum atomic E-state index is 5.78. The van der Waals surface area contributed by atoms with Crippen molar-refractivity contribution in [3.63, 3.8) is 0 Å². The van der Waals surface area contributed by atoms with E-state index in [-0.39, 0.29) is 0 Å². The van der Waals surface area contributed by atoms with E-state index in [2.05, 4.69) is 53.8 Å². The lowest BCUT2D eigenvalue weighted by atomic mass is 10.2. The van der Waals surface area contributed by atoms with Crippen LogP contribution in [-0.4, -0.2) is 8.07 Å². The van der Waals surface area contributed by atoms with Gasteiger partial charge in [-0.05, 0) is 23.2 Å². The lowest BCUT2D eigenvalue weighted by Gasteiger charge is -2.36. The minimum absolute atomic E-state index is 0.382. The second-order valence-corrected chi connectivity index (χ2v) is 11.2. The minimum atomic E-state index is -1.42. The summed E-state index contributed by atoms with van der Waals surface area (Å²) in [7, 11) is -1.42. The SMILES string of the molecule is CCc1oc(C)cc1[Si](C)(C)C(C)(C)C. The fourth-order valence-electron chi connectivity index (χ4n) is 1.76. The molecule has 1 aromatic heterocycles. The first-order valence-corrected chi connectivity index (χ1v) is 8.80. The lowest BCUT2D eigenvalue weighted by molar-refractivity contribution is 0.490. The van der Waals surface area contributed by atoms with Crippen LogP contribution in [-0.2, 0) is 6.42 Å². The highest BCUT2D eigenvalue weighted by atomic mass is 28.3. The van der Waals surface area contributed by atoms with Gasteiger partial charge in [0, 0.05) is 6.42 Å². The molecule has 0 fully saturated rings. The number of hydrogen-bond donors (Lipinski definition) is 0. The Morgan fingerprint density at radius 2 is 1.80 bits per heavy atom. The summed E-state index contributed by atoms with van der Waals surface area (Å²) in [6, 6.07) is 2.26. The zero-order chi connectivity index (χ0) is 11.9. The van der Waals surface area contributed by atoms with Crippen LogP contribution in [0.1, 0.15) is 39.2 Å². The molecule has 1 nitrogen and oxygen atoms in total. The molecule has 0 saturated carbocycles. The summed E-state index contributed by atoms with van der Waals surface area (Å²) in [6.45, 7) is 16.2. The van der Waals surface area contributed by atoms with E-state index in [0.717, 1.165) is 12.2 Å². The van der Waals surface area contributed by atoms with E-state index in [4.69, 9.17) is 4.42 Å². The van der Waals surface area contributed by atoms with Crippen LogP contribution in [0.3, 0.4) is 0 Å². The molecule has 2 heteroatoms. The van der Waals surface area contributed by atoms with Crippen LogP contribution in [0.2, 0.25) is 18.1 Å². The highest BCUT2D eigenvalue weighted by Crippen LogP contribution is 2.36. The van der Waals surface area contributed by atoms with Gasteiger partial charge in [0.25, 0.3) is 0 Å². The summed E-state index contributed by atoms with van der Waals surface area (Å²) in [5.41, 5.74) is 0. The number of rotatable bonds is 2. The standard InChI is InChI=1S/C13H24OSi/c1-8-11-12(9-10(2)14-11)15(6,7)13(3,4)5/h9H,8H2,1-7H3. The maximum Gasteiger partial charge on any atom is 0.103 e. The fraction of sp³-hybridized carbons (Fsp3) is 0.692. The van der Waals surface area contributed by atoms with Gasteiger partial charge in [0.1, 0.15) is 11.5 Å². The molecule has 0 amide bonds. The Balaban J connectivity index is 3.25. The topological polar surface area (TPSA) is 13.1 Å². The monoisotopic (exact) mass is 224 g/mol. The Morgan fingerprint density at radius 1 is 1.27 bits per heavy atom. The van der Waals surface area contributed by atoms with E-state index in [0.29, 0.717) is 5.04 Å². The Bertz CT molecular complexity index is 342. The molecule has 1 heterocycles. The second-order valence-electron chi connectivity index (χ2n) is 5.92. The largest absolute Gasteiger partial charge is 0.467 e. The molecule has 0 radical (unpaired) electrons. The van der Waals surface area contributed by atoms with Gasteiger partial charge < -0.3 is 4.42 Å². The van der Waals surface area contributed by atoms with Crippen LogP contribution in [0.4, 0.5) is 0 Å². The molecule has 0 aliphatic rings. The predicted octanol–water partition coefficient (Wildman–Crippen LogP) is 3.87. The zero-order valence-corrected chi connectivity index (χ0v) is 12.2. The van der Waals surface area contributed by atoms with Crippen molar-refractivity contribution in [1.82, 2.24) is 0 Å². The van der Waals surface area contributed by atoms with Crippen LogP contribution < -0.4 is 5.19 Å². The molecule has 0 spiro atoms. The van der Waals surface area contributed by atoms with Crippen molar-refractivity contribution in [1.29, 1.82) is 0 Å². The average molecular weight is 224 g/mol. The van der Waals surface area contributed by atoms with E-state index < -0.39 is 8.07 Å². The molecule has 1 rings (SSSR count). The van der Waals surface area contributed by atoms with Gasteiger partial charge in [-0.1, -0.05) is 40.8 Å². The van der Waals surface area contributed by atoms with Crippen molar-refractivity contribution in [2.24, 2.45) is 0 Å². The lowest BCUT2D eigenvalue weighted by Crippen LogP contribution is -2.50. The van der Waals surface area contributed by atoms with Crippen molar-refractivity contribution >= 4 is 13.3 Å². The van der Waals surface area contributed by atoms with Crippen LogP contribution in [0.25, 0.3) is 0 Å². The van der Waals surface area contributed by atoms with Gasteiger partial charge >= 0.3 is 0 Å². The minimum Gasteiger partial charge on any atom is -0.467 e. The fourth-order valence-corrected chi connectivity index (χ4v) is 4.06. The molecular formula is C13H24OSi. The van der Waals surface area contributed by atoms with Crippen LogP contribution >= 0.6 is 0 Å². The zero-order valence-electron chi connectivity index (χ0n) is 11.2. The van der Waals surface area contributed by atoms with Crippen molar-refractivity contribution in [2.45, 2.75) is 59.2 Å². The van der Waals surface area contributed by atoms with Crippen LogP contribution in [0.5, 0.6) is 0 Å². The van der Waals surface area contributed by atoms with Gasteiger partial charge in [0.05, 0.1) is 8.07 Å². The highest BCUT2D eigenvalue weighted by molar-refractivity contribution is 6.92. The molecule has 0 atom stereocenters. The van der Waals surface area contributed by atoms with Crippen molar-refractivity contribution < 1.29 is 4.42 Å². The van der Waals surface area contributed by atoms with Gasteiger partial charge in [-0.15, -0.1) is 0 Å². The van der Waals surface area contributed by atoms with E-state index in [1.165, 1.54) is 10.9 Å². The van der Waals surface area contributed by atoms with E-state index >= 15 is 0 Å². The summed E-state index contributed by atoms with van der Waals surface area (Å²) in [6.07, 6.45) is 1.01. The van der Waals surface area contributed by atoms with Crippen molar-refractivity contribution in [3.8, 4) is 0 Å². The summed E-state index contributed by atoms with van der Waals surface area (Å²) in [4.78, 5) is 0. The normalized spacial score (nSPS) is 13.3. The van der Waals surface area contributed by atoms with Gasteiger partial charge in [0.2, 0.25) is 0 Å². The smallest absolute Gasteiger partial charge is 0.103 e. The third kappa shape index (κ3) is 2.20. The molecule has 0 bridgehead atoms. The summed E-state index contributed by atoms with van der Waals surface area (Å²) in [5, 5.41) is 1.89. The molecule has 86 valence electrons. The molecule has 0 unspecified atom stereocenters. The summed E-state index contributed by atoms with van der Waals surface area (Å²) >= 11 is 0. The van der Waals surface area contributed by atoms with Gasteiger partial charge in [0.15, 0.2) is 0 Å². The molecule has 0 saturated heterocycles. The Hall–Kier alpha value is -0.503. The van der Waals surface area contributed by atoms with E-state index in [1.54, 1.807) is 0 Å². The summed E-state index contributed by atoms with van der Waals surface area (Å²) < 4.78 is 5.78. The van der Waals surface area contributed by atoms with E-state index in [9.17, 15) is 0 Å².